The third-order valence-electron chi connectivity index (χ3n) is 3.87. The molecule has 2 aromatic rings. The SMILES string of the molecule is CN1CCNCC1c1noc(CNC(=O)c2ccc(Cl)c(Cl)c2)n1.Cl. The van der Waals surface area contributed by atoms with Gasteiger partial charge in [-0.3, -0.25) is 9.69 Å². The molecular weight excluding hydrogens is 389 g/mol. The van der Waals surface area contributed by atoms with Crippen LogP contribution in [0.2, 0.25) is 10.0 Å². The largest absolute Gasteiger partial charge is 0.343 e. The van der Waals surface area contributed by atoms with Gasteiger partial charge in [-0.15, -0.1) is 12.4 Å². The van der Waals surface area contributed by atoms with Crippen molar-refractivity contribution in [3.8, 4) is 0 Å². The van der Waals surface area contributed by atoms with Crippen LogP contribution in [0.5, 0.6) is 0 Å². The number of nitrogens with one attached hydrogen (secondary N) is 2. The Morgan fingerprint density at radius 2 is 2.24 bits per heavy atom. The molecule has 2 heterocycles. The molecule has 136 valence electrons. The van der Waals surface area contributed by atoms with E-state index >= 15 is 0 Å². The van der Waals surface area contributed by atoms with Gasteiger partial charge in [-0.2, -0.15) is 4.98 Å². The van der Waals surface area contributed by atoms with Crippen molar-refractivity contribution < 1.29 is 9.32 Å². The van der Waals surface area contributed by atoms with Crippen LogP contribution in [0.15, 0.2) is 22.7 Å². The maximum absolute atomic E-state index is 12.1. The van der Waals surface area contributed by atoms with Gasteiger partial charge in [0.1, 0.15) is 0 Å². The van der Waals surface area contributed by atoms with Gasteiger partial charge in [0.2, 0.25) is 5.89 Å². The molecule has 1 fully saturated rings. The first-order valence-electron chi connectivity index (χ1n) is 7.51. The first kappa shape index (κ1) is 19.9. The number of nitrogens with zero attached hydrogens (tertiary/aromatic N) is 3. The smallest absolute Gasteiger partial charge is 0.251 e. The van der Waals surface area contributed by atoms with Gasteiger partial charge in [0.15, 0.2) is 5.82 Å². The molecule has 0 bridgehead atoms. The number of hydrogen-bond acceptors (Lipinski definition) is 6. The minimum absolute atomic E-state index is 0. The molecule has 0 aliphatic carbocycles. The normalized spacial score (nSPS) is 17.8. The third kappa shape index (κ3) is 4.83. The zero-order valence-electron chi connectivity index (χ0n) is 13.5. The lowest BCUT2D eigenvalue weighted by Gasteiger charge is -2.30. The van der Waals surface area contributed by atoms with Gasteiger partial charge in [-0.1, -0.05) is 28.4 Å². The average Bonchev–Trinajstić information content (AvgIpc) is 3.04. The number of halogens is 3. The molecule has 1 amide bonds. The van der Waals surface area contributed by atoms with E-state index in [9.17, 15) is 4.79 Å². The first-order valence-corrected chi connectivity index (χ1v) is 8.27. The lowest BCUT2D eigenvalue weighted by atomic mass is 10.2. The predicted octanol–water partition coefficient (Wildman–Crippen LogP) is 2.30. The summed E-state index contributed by atoms with van der Waals surface area (Å²) in [6.45, 7) is 2.78. The van der Waals surface area contributed by atoms with E-state index in [4.69, 9.17) is 27.7 Å². The minimum Gasteiger partial charge on any atom is -0.343 e. The molecule has 1 aromatic carbocycles. The summed E-state index contributed by atoms with van der Waals surface area (Å²) < 4.78 is 5.22. The highest BCUT2D eigenvalue weighted by atomic mass is 35.5. The molecule has 1 aromatic heterocycles. The molecule has 0 saturated carbocycles. The zero-order chi connectivity index (χ0) is 17.1. The second kappa shape index (κ2) is 8.82. The van der Waals surface area contributed by atoms with E-state index in [1.165, 1.54) is 6.07 Å². The van der Waals surface area contributed by atoms with Gasteiger partial charge in [-0.05, 0) is 25.2 Å². The Bertz CT molecular complexity index is 740. The monoisotopic (exact) mass is 405 g/mol. The predicted molar refractivity (Wildman–Crippen MR) is 97.4 cm³/mol. The van der Waals surface area contributed by atoms with Crippen molar-refractivity contribution in [1.82, 2.24) is 25.7 Å². The molecule has 2 N–H and O–H groups in total. The Hall–Kier alpha value is -1.38. The van der Waals surface area contributed by atoms with Crippen LogP contribution in [0, 0.1) is 0 Å². The Kier molecular flexibility index (Phi) is 7.04. The summed E-state index contributed by atoms with van der Waals surface area (Å²) in [5, 5.41) is 10.8. The van der Waals surface area contributed by atoms with E-state index in [0.717, 1.165) is 19.6 Å². The van der Waals surface area contributed by atoms with Crippen molar-refractivity contribution in [3.05, 3.63) is 45.5 Å². The number of carbonyl (C=O) groups is 1. The van der Waals surface area contributed by atoms with E-state index in [0.29, 0.717) is 27.3 Å². The van der Waals surface area contributed by atoms with Crippen molar-refractivity contribution in [2.24, 2.45) is 0 Å². The summed E-state index contributed by atoms with van der Waals surface area (Å²) in [5.41, 5.74) is 0.417. The Balaban J connectivity index is 0.00000225. The van der Waals surface area contributed by atoms with E-state index in [1.54, 1.807) is 12.1 Å². The fourth-order valence-electron chi connectivity index (χ4n) is 2.46. The Labute approximate surface area is 161 Å². The van der Waals surface area contributed by atoms with Gasteiger partial charge < -0.3 is 15.2 Å². The minimum atomic E-state index is -0.287. The number of rotatable bonds is 4. The second-order valence-corrected chi connectivity index (χ2v) is 6.37. The number of likely N-dealkylation sites (N-methyl/N-ethyl adjacent to an activating group) is 1. The van der Waals surface area contributed by atoms with E-state index in [-0.39, 0.29) is 30.9 Å². The topological polar surface area (TPSA) is 83.3 Å². The molecule has 0 spiro atoms. The maximum atomic E-state index is 12.1. The van der Waals surface area contributed by atoms with Crippen molar-refractivity contribution in [2.45, 2.75) is 12.6 Å². The fourth-order valence-corrected chi connectivity index (χ4v) is 2.76. The van der Waals surface area contributed by atoms with Gasteiger partial charge >= 0.3 is 0 Å². The molecule has 0 radical (unpaired) electrons. The van der Waals surface area contributed by atoms with Crippen LogP contribution in [-0.4, -0.2) is 47.6 Å². The third-order valence-corrected chi connectivity index (χ3v) is 4.61. The molecule has 1 aliphatic rings. The summed E-state index contributed by atoms with van der Waals surface area (Å²) in [7, 11) is 2.02. The highest BCUT2D eigenvalue weighted by molar-refractivity contribution is 6.42. The van der Waals surface area contributed by atoms with Gasteiger partial charge in [0.05, 0.1) is 22.6 Å². The van der Waals surface area contributed by atoms with Crippen LogP contribution in [0.25, 0.3) is 0 Å². The number of aromatic nitrogens is 2. The molecule has 1 aliphatic heterocycles. The second-order valence-electron chi connectivity index (χ2n) is 5.56. The lowest BCUT2D eigenvalue weighted by Crippen LogP contribution is -2.44. The van der Waals surface area contributed by atoms with Crippen molar-refractivity contribution in [2.75, 3.05) is 26.7 Å². The molecule has 10 heteroatoms. The number of hydrogen-bond donors (Lipinski definition) is 2. The zero-order valence-corrected chi connectivity index (χ0v) is 15.8. The van der Waals surface area contributed by atoms with Gasteiger partial charge in [0.25, 0.3) is 5.91 Å². The molecule has 7 nitrogen and oxygen atoms in total. The molecule has 3 rings (SSSR count). The Morgan fingerprint density at radius 1 is 1.44 bits per heavy atom. The van der Waals surface area contributed by atoms with E-state index in [2.05, 4.69) is 25.7 Å². The van der Waals surface area contributed by atoms with E-state index in [1.807, 2.05) is 7.05 Å². The summed E-state index contributed by atoms with van der Waals surface area (Å²) in [5.74, 6) is 0.686. The molecule has 25 heavy (non-hydrogen) atoms. The number of piperazine rings is 1. The highest BCUT2D eigenvalue weighted by Gasteiger charge is 2.25. The molecule has 1 unspecified atom stereocenters. The molecule has 1 saturated heterocycles. The fraction of sp³-hybridized carbons (Fsp3) is 0.400. The summed E-state index contributed by atoms with van der Waals surface area (Å²) in [4.78, 5) is 18.6. The molecule has 1 atom stereocenters. The maximum Gasteiger partial charge on any atom is 0.251 e. The Morgan fingerprint density at radius 3 is 2.96 bits per heavy atom. The van der Waals surface area contributed by atoms with Gasteiger partial charge in [0, 0.05) is 25.2 Å². The van der Waals surface area contributed by atoms with Gasteiger partial charge in [-0.25, -0.2) is 0 Å². The van der Waals surface area contributed by atoms with Crippen molar-refractivity contribution in [1.29, 1.82) is 0 Å². The van der Waals surface area contributed by atoms with Crippen LogP contribution in [0.3, 0.4) is 0 Å². The molecular formula is C15H18Cl3N5O2. The average molecular weight is 407 g/mol. The summed E-state index contributed by atoms with van der Waals surface area (Å²) >= 11 is 11.8. The first-order chi connectivity index (χ1) is 11.5. The number of carbonyl (C=O) groups excluding carboxylic acids is 1. The summed E-state index contributed by atoms with van der Waals surface area (Å²) in [6, 6.07) is 4.77. The van der Waals surface area contributed by atoms with Crippen LogP contribution < -0.4 is 10.6 Å². The van der Waals surface area contributed by atoms with Crippen LogP contribution in [0.4, 0.5) is 0 Å². The van der Waals surface area contributed by atoms with Crippen molar-refractivity contribution in [3.63, 3.8) is 0 Å². The lowest BCUT2D eigenvalue weighted by molar-refractivity contribution is 0.0946. The highest BCUT2D eigenvalue weighted by Crippen LogP contribution is 2.22. The number of amides is 1. The standard InChI is InChI=1S/C15H17Cl2N5O2.ClH/c1-22-5-4-18-7-12(22)14-20-13(24-21-14)8-19-15(23)9-2-3-10(16)11(17)6-9;/h2-3,6,12,18H,4-5,7-8H2,1H3,(H,19,23);1H. The quantitative estimate of drug-likeness (QED) is 0.811. The van der Waals surface area contributed by atoms with E-state index < -0.39 is 0 Å². The van der Waals surface area contributed by atoms with Crippen molar-refractivity contribution >= 4 is 41.5 Å². The van der Waals surface area contributed by atoms with Crippen LogP contribution >= 0.6 is 35.6 Å². The number of benzene rings is 1. The van der Waals surface area contributed by atoms with Crippen LogP contribution in [0.1, 0.15) is 28.1 Å². The van der Waals surface area contributed by atoms with Crippen LogP contribution in [-0.2, 0) is 6.54 Å². The summed E-state index contributed by atoms with van der Waals surface area (Å²) in [6.07, 6.45) is 0.